The molecule has 0 fully saturated rings. The minimum Gasteiger partial charge on any atom is -0.504 e. The minimum atomic E-state index is -1.27. The number of nitrogens with one attached hydrogen (secondary N) is 1. The number of anilines is 2. The molecule has 2 aromatic rings. The van der Waals surface area contributed by atoms with E-state index in [-0.39, 0.29) is 11.4 Å². The van der Waals surface area contributed by atoms with Gasteiger partial charge >= 0.3 is 5.97 Å². The molecule has 0 aliphatic heterocycles. The summed E-state index contributed by atoms with van der Waals surface area (Å²) >= 11 is 0. The largest absolute Gasteiger partial charge is 0.504 e. The Bertz CT molecular complexity index is 576. The van der Waals surface area contributed by atoms with Gasteiger partial charge < -0.3 is 24.7 Å². The van der Waals surface area contributed by atoms with E-state index < -0.39 is 11.7 Å². The number of carboxylic acids is 1. The molecule has 0 saturated heterocycles. The van der Waals surface area contributed by atoms with Gasteiger partial charge in [0.1, 0.15) is 12.0 Å². The Morgan fingerprint density at radius 1 is 1.44 bits per heavy atom. The Labute approximate surface area is 102 Å². The Balaban J connectivity index is 2.31. The van der Waals surface area contributed by atoms with Crippen LogP contribution in [-0.2, 0) is 0 Å². The van der Waals surface area contributed by atoms with Crippen LogP contribution in [-0.4, -0.2) is 23.3 Å². The number of hydrogen-bond acceptors (Lipinski definition) is 5. The van der Waals surface area contributed by atoms with Crippen LogP contribution in [0, 0.1) is 0 Å². The maximum Gasteiger partial charge on any atom is 0.345 e. The molecule has 0 spiro atoms. The van der Waals surface area contributed by atoms with Crippen LogP contribution < -0.4 is 10.1 Å². The molecular weight excluding hydrogens is 238 g/mol. The van der Waals surface area contributed by atoms with E-state index in [4.69, 9.17) is 14.3 Å². The van der Waals surface area contributed by atoms with Crippen molar-refractivity contribution in [3.63, 3.8) is 0 Å². The molecule has 3 N–H and O–H groups in total. The molecule has 0 amide bonds. The van der Waals surface area contributed by atoms with Crippen molar-refractivity contribution in [1.82, 2.24) is 0 Å². The molecule has 1 heterocycles. The van der Waals surface area contributed by atoms with Crippen molar-refractivity contribution in [3.8, 4) is 11.5 Å². The van der Waals surface area contributed by atoms with Gasteiger partial charge in [0.05, 0.1) is 7.11 Å². The highest BCUT2D eigenvalue weighted by Crippen LogP contribution is 2.31. The van der Waals surface area contributed by atoms with E-state index in [1.807, 2.05) is 0 Å². The van der Waals surface area contributed by atoms with Gasteiger partial charge in [-0.15, -0.1) is 0 Å². The zero-order valence-corrected chi connectivity index (χ0v) is 9.51. The van der Waals surface area contributed by atoms with Crippen LogP contribution in [0.2, 0.25) is 0 Å². The molecule has 1 aromatic heterocycles. The van der Waals surface area contributed by atoms with E-state index in [9.17, 15) is 9.90 Å². The number of carboxylic acid groups (broad SMARTS) is 1. The second-order valence-electron chi connectivity index (χ2n) is 3.49. The molecular formula is C12H11NO5. The van der Waals surface area contributed by atoms with Crippen LogP contribution >= 0.6 is 0 Å². The highest BCUT2D eigenvalue weighted by molar-refractivity contribution is 5.96. The number of aromatic carboxylic acids is 1. The molecule has 0 aliphatic rings. The average molecular weight is 249 g/mol. The number of rotatable bonds is 4. The molecule has 0 saturated carbocycles. The van der Waals surface area contributed by atoms with E-state index in [1.165, 1.54) is 7.11 Å². The van der Waals surface area contributed by atoms with Gasteiger partial charge in [-0.3, -0.25) is 0 Å². The van der Waals surface area contributed by atoms with Gasteiger partial charge in [-0.25, -0.2) is 4.79 Å². The molecule has 18 heavy (non-hydrogen) atoms. The van der Waals surface area contributed by atoms with E-state index in [2.05, 4.69) is 5.32 Å². The van der Waals surface area contributed by atoms with Crippen LogP contribution in [0.1, 0.15) is 10.4 Å². The van der Waals surface area contributed by atoms with Crippen LogP contribution in [0.4, 0.5) is 11.6 Å². The van der Waals surface area contributed by atoms with Crippen molar-refractivity contribution in [2.45, 2.75) is 0 Å². The molecule has 6 nitrogen and oxygen atoms in total. The molecule has 6 heteroatoms. The van der Waals surface area contributed by atoms with Crippen LogP contribution in [0.15, 0.2) is 34.9 Å². The number of methoxy groups -OCH3 is 1. The molecule has 0 unspecified atom stereocenters. The van der Waals surface area contributed by atoms with Crippen LogP contribution in [0.3, 0.4) is 0 Å². The standard InChI is InChI=1S/C12H11NO5/c1-17-8-4-2-3-7(5-8)13-11-10(12(15)16)9(14)6-18-11/h2-6,13-14H,1H3,(H,15,16). The quantitative estimate of drug-likeness (QED) is 0.770. The first-order valence-electron chi connectivity index (χ1n) is 5.06. The minimum absolute atomic E-state index is 0.0340. The first-order chi connectivity index (χ1) is 8.61. The van der Waals surface area contributed by atoms with E-state index in [1.54, 1.807) is 24.3 Å². The third kappa shape index (κ3) is 2.22. The van der Waals surface area contributed by atoms with Crippen molar-refractivity contribution in [2.75, 3.05) is 12.4 Å². The van der Waals surface area contributed by atoms with Gasteiger partial charge in [0, 0.05) is 11.8 Å². The van der Waals surface area contributed by atoms with E-state index in [0.717, 1.165) is 6.26 Å². The topological polar surface area (TPSA) is 91.9 Å². The second kappa shape index (κ2) is 4.70. The molecule has 0 radical (unpaired) electrons. The summed E-state index contributed by atoms with van der Waals surface area (Å²) in [7, 11) is 1.53. The fourth-order valence-corrected chi connectivity index (χ4v) is 1.48. The van der Waals surface area contributed by atoms with Gasteiger partial charge in [0.25, 0.3) is 0 Å². The van der Waals surface area contributed by atoms with Crippen molar-refractivity contribution < 1.29 is 24.2 Å². The zero-order chi connectivity index (χ0) is 13.1. The summed E-state index contributed by atoms with van der Waals surface area (Å²) in [6, 6.07) is 6.88. The molecule has 0 bridgehead atoms. The van der Waals surface area contributed by atoms with Crippen molar-refractivity contribution in [1.29, 1.82) is 0 Å². The average Bonchev–Trinajstić information content (AvgIpc) is 2.70. The summed E-state index contributed by atoms with van der Waals surface area (Å²) in [5.41, 5.74) is 0.281. The summed E-state index contributed by atoms with van der Waals surface area (Å²) in [5, 5.41) is 21.0. The highest BCUT2D eigenvalue weighted by Gasteiger charge is 2.20. The van der Waals surface area contributed by atoms with E-state index >= 15 is 0 Å². The van der Waals surface area contributed by atoms with Crippen molar-refractivity contribution >= 4 is 17.5 Å². The number of carbonyl (C=O) groups is 1. The third-order valence-corrected chi connectivity index (χ3v) is 2.31. The van der Waals surface area contributed by atoms with Gasteiger partial charge in [-0.05, 0) is 12.1 Å². The predicted molar refractivity (Wildman–Crippen MR) is 63.6 cm³/mol. The summed E-state index contributed by atoms with van der Waals surface area (Å²) in [6.07, 6.45) is 0.964. The van der Waals surface area contributed by atoms with Crippen molar-refractivity contribution in [2.24, 2.45) is 0 Å². The Morgan fingerprint density at radius 2 is 2.22 bits per heavy atom. The first kappa shape index (κ1) is 11.8. The third-order valence-electron chi connectivity index (χ3n) is 2.31. The zero-order valence-electron chi connectivity index (χ0n) is 9.51. The lowest BCUT2D eigenvalue weighted by Crippen LogP contribution is -2.00. The Kier molecular flexibility index (Phi) is 3.09. The summed E-state index contributed by atoms with van der Waals surface area (Å²) < 4.78 is 9.99. The molecule has 1 aromatic carbocycles. The summed E-state index contributed by atoms with van der Waals surface area (Å²) in [4.78, 5) is 10.9. The monoisotopic (exact) mass is 249 g/mol. The fraction of sp³-hybridized carbons (Fsp3) is 0.0833. The summed E-state index contributed by atoms with van der Waals surface area (Å²) in [5.74, 6) is -1.11. The Morgan fingerprint density at radius 3 is 2.89 bits per heavy atom. The van der Waals surface area contributed by atoms with Gasteiger partial charge in [-0.1, -0.05) is 6.07 Å². The van der Waals surface area contributed by atoms with E-state index in [0.29, 0.717) is 11.4 Å². The molecule has 94 valence electrons. The smallest absolute Gasteiger partial charge is 0.345 e. The number of aromatic hydroxyl groups is 1. The lowest BCUT2D eigenvalue weighted by Gasteiger charge is -2.06. The second-order valence-corrected chi connectivity index (χ2v) is 3.49. The van der Waals surface area contributed by atoms with Crippen molar-refractivity contribution in [3.05, 3.63) is 36.1 Å². The van der Waals surface area contributed by atoms with Gasteiger partial charge in [0.15, 0.2) is 11.3 Å². The first-order valence-corrected chi connectivity index (χ1v) is 5.06. The lowest BCUT2D eigenvalue weighted by atomic mass is 10.2. The van der Waals surface area contributed by atoms with Gasteiger partial charge in [-0.2, -0.15) is 0 Å². The maximum absolute atomic E-state index is 10.9. The summed E-state index contributed by atoms with van der Waals surface area (Å²) in [6.45, 7) is 0. The Hall–Kier alpha value is -2.63. The number of hydrogen-bond donors (Lipinski definition) is 3. The molecule has 0 aliphatic carbocycles. The fourth-order valence-electron chi connectivity index (χ4n) is 1.48. The lowest BCUT2D eigenvalue weighted by molar-refractivity contribution is 0.0695. The maximum atomic E-state index is 10.9. The normalized spacial score (nSPS) is 10.1. The molecule has 0 atom stereocenters. The highest BCUT2D eigenvalue weighted by atomic mass is 16.5. The molecule has 2 rings (SSSR count). The van der Waals surface area contributed by atoms with Crippen LogP contribution in [0.25, 0.3) is 0 Å². The van der Waals surface area contributed by atoms with Crippen LogP contribution in [0.5, 0.6) is 11.5 Å². The number of benzene rings is 1. The SMILES string of the molecule is COc1cccc(Nc2occ(O)c2C(=O)O)c1. The number of ether oxygens (including phenoxy) is 1. The predicted octanol–water partition coefficient (Wildman–Crippen LogP) is 2.44. The number of furan rings is 1. The van der Waals surface area contributed by atoms with Gasteiger partial charge in [0.2, 0.25) is 5.88 Å².